The Kier molecular flexibility index (Phi) is 57.8. The quantitative estimate of drug-likeness (QED) is 0.0417. The molecule has 6 heteroatoms. The third-order valence-corrected chi connectivity index (χ3v) is 15.4. The molecule has 70 heavy (non-hydrogen) atoms. The van der Waals surface area contributed by atoms with Crippen molar-refractivity contribution in [1.29, 1.82) is 0 Å². The molecule has 0 aromatic carbocycles. The van der Waals surface area contributed by atoms with Gasteiger partial charge in [-0.2, -0.15) is 0 Å². The molecule has 0 aliphatic heterocycles. The van der Waals surface area contributed by atoms with Crippen LogP contribution in [0.2, 0.25) is 0 Å². The third-order valence-electron chi connectivity index (χ3n) is 15.4. The largest absolute Gasteiger partial charge is 0.462 e. The molecule has 0 fully saturated rings. The van der Waals surface area contributed by atoms with Crippen molar-refractivity contribution in [1.82, 2.24) is 5.32 Å². The molecule has 3 unspecified atom stereocenters. The highest BCUT2D eigenvalue weighted by Crippen LogP contribution is 2.20. The van der Waals surface area contributed by atoms with E-state index in [2.05, 4.69) is 26.1 Å². The highest BCUT2D eigenvalue weighted by molar-refractivity contribution is 5.77. The zero-order chi connectivity index (χ0) is 50.9. The van der Waals surface area contributed by atoms with E-state index < -0.39 is 18.2 Å². The Bertz CT molecular complexity index is 1020. The van der Waals surface area contributed by atoms with Gasteiger partial charge in [0.2, 0.25) is 5.91 Å². The van der Waals surface area contributed by atoms with Crippen molar-refractivity contribution in [3.05, 3.63) is 0 Å². The molecule has 3 N–H and O–H groups in total. The summed E-state index contributed by atoms with van der Waals surface area (Å²) in [6, 6.07) is -0.694. The SMILES string of the molecule is CCCCCCCCCCCCCCCCCCCCCC(=O)OC(CCCCCCCCCCCCCCCCC)CC(=O)NC(CO)C(O)CCCCCCCCCCCCCCCCCCC. The summed E-state index contributed by atoms with van der Waals surface area (Å²) in [6.45, 7) is 6.56. The fourth-order valence-corrected chi connectivity index (χ4v) is 10.6. The van der Waals surface area contributed by atoms with E-state index in [4.69, 9.17) is 4.74 Å². The number of hydrogen-bond acceptors (Lipinski definition) is 5. The van der Waals surface area contributed by atoms with Crippen LogP contribution in [0.5, 0.6) is 0 Å². The molecule has 0 bridgehead atoms. The van der Waals surface area contributed by atoms with Crippen LogP contribution in [0.15, 0.2) is 0 Å². The molecule has 0 aromatic heterocycles. The zero-order valence-electron chi connectivity index (χ0n) is 47.9. The average molecular weight is 991 g/mol. The minimum atomic E-state index is -0.781. The van der Waals surface area contributed by atoms with Crippen LogP contribution < -0.4 is 5.32 Å². The predicted octanol–water partition coefficient (Wildman–Crippen LogP) is 20.3. The Labute approximate surface area is 438 Å². The molecule has 0 rings (SSSR count). The maximum Gasteiger partial charge on any atom is 0.306 e. The monoisotopic (exact) mass is 990 g/mol. The van der Waals surface area contributed by atoms with Crippen molar-refractivity contribution in [2.45, 2.75) is 392 Å². The van der Waals surface area contributed by atoms with Crippen LogP contribution >= 0.6 is 0 Å². The number of ether oxygens (including phenoxy) is 1. The maximum atomic E-state index is 13.3. The van der Waals surface area contributed by atoms with Crippen LogP contribution in [-0.2, 0) is 14.3 Å². The smallest absolute Gasteiger partial charge is 0.306 e. The fourth-order valence-electron chi connectivity index (χ4n) is 10.6. The normalized spacial score (nSPS) is 12.9. The molecular formula is C64H127NO5. The van der Waals surface area contributed by atoms with Crippen LogP contribution in [0.3, 0.4) is 0 Å². The second-order valence-corrected chi connectivity index (χ2v) is 22.5. The summed E-state index contributed by atoms with van der Waals surface area (Å²) in [7, 11) is 0. The van der Waals surface area contributed by atoms with Crippen molar-refractivity contribution < 1.29 is 24.5 Å². The molecule has 3 atom stereocenters. The molecule has 0 aliphatic carbocycles. The molecule has 0 saturated heterocycles. The second-order valence-electron chi connectivity index (χ2n) is 22.5. The number of unbranched alkanes of at least 4 members (excludes halogenated alkanes) is 48. The van der Waals surface area contributed by atoms with Gasteiger partial charge in [0.15, 0.2) is 0 Å². The Balaban J connectivity index is 4.43. The van der Waals surface area contributed by atoms with Gasteiger partial charge in [-0.3, -0.25) is 9.59 Å². The Morgan fingerprint density at radius 1 is 0.357 bits per heavy atom. The summed E-state index contributed by atoms with van der Waals surface area (Å²) < 4.78 is 5.99. The summed E-state index contributed by atoms with van der Waals surface area (Å²) in [5, 5.41) is 24.0. The first-order valence-electron chi connectivity index (χ1n) is 32.3. The van der Waals surface area contributed by atoms with Gasteiger partial charge in [-0.15, -0.1) is 0 Å². The predicted molar refractivity (Wildman–Crippen MR) is 306 cm³/mol. The van der Waals surface area contributed by atoms with E-state index in [9.17, 15) is 19.8 Å². The summed E-state index contributed by atoms with van der Waals surface area (Å²) >= 11 is 0. The van der Waals surface area contributed by atoms with Gasteiger partial charge < -0.3 is 20.3 Å². The lowest BCUT2D eigenvalue weighted by molar-refractivity contribution is -0.151. The summed E-state index contributed by atoms with van der Waals surface area (Å²) in [5.41, 5.74) is 0. The summed E-state index contributed by atoms with van der Waals surface area (Å²) in [4.78, 5) is 26.4. The Morgan fingerprint density at radius 3 is 0.871 bits per heavy atom. The van der Waals surface area contributed by atoms with E-state index in [1.54, 1.807) is 0 Å². The average Bonchev–Trinajstić information content (AvgIpc) is 3.35. The molecule has 6 nitrogen and oxygen atoms in total. The molecule has 1 amide bonds. The zero-order valence-corrected chi connectivity index (χ0v) is 47.9. The first kappa shape index (κ1) is 68.9. The van der Waals surface area contributed by atoms with E-state index in [1.165, 1.54) is 289 Å². The van der Waals surface area contributed by atoms with E-state index >= 15 is 0 Å². The van der Waals surface area contributed by atoms with Gasteiger partial charge in [-0.05, 0) is 25.7 Å². The molecule has 0 saturated carbocycles. The number of carbonyl (C=O) groups is 2. The van der Waals surface area contributed by atoms with Gasteiger partial charge in [-0.1, -0.05) is 335 Å². The number of aliphatic hydroxyl groups is 2. The summed E-state index contributed by atoms with van der Waals surface area (Å²) in [5.74, 6) is -0.439. The summed E-state index contributed by atoms with van der Waals surface area (Å²) in [6.07, 6.45) is 67.5. The fraction of sp³-hybridized carbons (Fsp3) is 0.969. The van der Waals surface area contributed by atoms with Gasteiger partial charge in [0.05, 0.1) is 25.2 Å². The van der Waals surface area contributed by atoms with E-state index in [1.807, 2.05) is 0 Å². The number of rotatable bonds is 60. The van der Waals surface area contributed by atoms with E-state index in [0.29, 0.717) is 19.3 Å². The lowest BCUT2D eigenvalue weighted by Gasteiger charge is -2.24. The number of carbonyl (C=O) groups excluding carboxylic acids is 2. The second kappa shape index (κ2) is 58.7. The van der Waals surface area contributed by atoms with Crippen molar-refractivity contribution >= 4 is 11.9 Å². The van der Waals surface area contributed by atoms with Crippen LogP contribution in [0.25, 0.3) is 0 Å². The number of hydrogen-bond donors (Lipinski definition) is 3. The topological polar surface area (TPSA) is 95.9 Å². The Morgan fingerprint density at radius 2 is 0.600 bits per heavy atom. The van der Waals surface area contributed by atoms with Gasteiger partial charge in [-0.25, -0.2) is 0 Å². The van der Waals surface area contributed by atoms with Gasteiger partial charge in [0.25, 0.3) is 0 Å². The van der Waals surface area contributed by atoms with Crippen LogP contribution in [0.4, 0.5) is 0 Å². The number of aliphatic hydroxyl groups excluding tert-OH is 2. The molecule has 0 radical (unpaired) electrons. The first-order chi connectivity index (χ1) is 34.5. The van der Waals surface area contributed by atoms with Crippen molar-refractivity contribution in [3.8, 4) is 0 Å². The molecule has 0 spiro atoms. The molecule has 0 aromatic rings. The standard InChI is InChI=1S/C64H127NO5/c1-4-7-10-13-16-19-22-25-28-30-31-33-36-39-42-45-48-51-54-57-64(69)70-60(55-52-49-46-43-40-37-34-27-24-21-18-15-12-9-6-3)58-63(68)65-61(59-66)62(67)56-53-50-47-44-41-38-35-32-29-26-23-20-17-14-11-8-5-2/h60-62,66-67H,4-59H2,1-3H3,(H,65,68). The van der Waals surface area contributed by atoms with Crippen molar-refractivity contribution in [2.24, 2.45) is 0 Å². The van der Waals surface area contributed by atoms with Gasteiger partial charge >= 0.3 is 5.97 Å². The molecule has 418 valence electrons. The van der Waals surface area contributed by atoms with E-state index in [-0.39, 0.29) is 24.9 Å². The van der Waals surface area contributed by atoms with Crippen molar-refractivity contribution in [2.75, 3.05) is 6.61 Å². The Hall–Kier alpha value is -1.14. The van der Waals surface area contributed by atoms with Crippen LogP contribution in [0.1, 0.15) is 374 Å². The lowest BCUT2D eigenvalue weighted by atomic mass is 10.0. The number of esters is 1. The third kappa shape index (κ3) is 53.2. The highest BCUT2D eigenvalue weighted by Gasteiger charge is 2.24. The van der Waals surface area contributed by atoms with Crippen LogP contribution in [-0.4, -0.2) is 46.9 Å². The number of nitrogens with one attached hydrogen (secondary N) is 1. The highest BCUT2D eigenvalue weighted by atomic mass is 16.5. The van der Waals surface area contributed by atoms with Crippen LogP contribution in [0, 0.1) is 0 Å². The van der Waals surface area contributed by atoms with Gasteiger partial charge in [0, 0.05) is 6.42 Å². The molecule has 0 aliphatic rings. The molecule has 0 heterocycles. The van der Waals surface area contributed by atoms with Gasteiger partial charge in [0.1, 0.15) is 6.10 Å². The minimum absolute atomic E-state index is 0.0892. The molecular weight excluding hydrogens is 863 g/mol. The van der Waals surface area contributed by atoms with E-state index in [0.717, 1.165) is 38.5 Å². The lowest BCUT2D eigenvalue weighted by Crippen LogP contribution is -2.46. The minimum Gasteiger partial charge on any atom is -0.462 e. The maximum absolute atomic E-state index is 13.3. The number of amides is 1. The van der Waals surface area contributed by atoms with Crippen molar-refractivity contribution in [3.63, 3.8) is 0 Å². The first-order valence-corrected chi connectivity index (χ1v) is 32.3.